The van der Waals surface area contributed by atoms with Crippen molar-refractivity contribution in [2.24, 2.45) is 5.92 Å². The molecule has 0 bridgehead atoms. The predicted octanol–water partition coefficient (Wildman–Crippen LogP) is 1.64. The van der Waals surface area contributed by atoms with Gasteiger partial charge in [-0.05, 0) is 18.9 Å². The summed E-state index contributed by atoms with van der Waals surface area (Å²) in [6.45, 7) is 1.86. The average Bonchev–Trinajstić information content (AvgIpc) is 2.56. The number of hydrazine groups is 1. The molecule has 9 heteroatoms. The Morgan fingerprint density at radius 2 is 1.96 bits per heavy atom. The number of nitro benzene ring substituents is 1. The van der Waals surface area contributed by atoms with Crippen molar-refractivity contribution in [2.75, 3.05) is 0 Å². The minimum atomic E-state index is -0.953. The standard InChI is InChI=1S/C15H19N3O6/c1-2-4-10(15(21)22)7-8-13(19)16-17-14(20)11-5-3-6-12(9-11)18(23)24/h3,5-6,9-10H,2,4,7-8H2,1H3,(H,16,19)(H,17,20)(H,21,22)/t10-/m0/s1. The van der Waals surface area contributed by atoms with Crippen molar-refractivity contribution >= 4 is 23.5 Å². The van der Waals surface area contributed by atoms with Gasteiger partial charge in [-0.25, -0.2) is 0 Å². The van der Waals surface area contributed by atoms with Crippen LogP contribution in [0.25, 0.3) is 0 Å². The van der Waals surface area contributed by atoms with E-state index < -0.39 is 28.6 Å². The molecule has 0 heterocycles. The molecule has 0 radical (unpaired) electrons. The molecule has 3 N–H and O–H groups in total. The summed E-state index contributed by atoms with van der Waals surface area (Å²) in [6.07, 6.45) is 1.29. The third kappa shape index (κ3) is 6.03. The van der Waals surface area contributed by atoms with E-state index in [2.05, 4.69) is 10.9 Å². The summed E-state index contributed by atoms with van der Waals surface area (Å²) < 4.78 is 0. The zero-order chi connectivity index (χ0) is 18.1. The first-order valence-corrected chi connectivity index (χ1v) is 7.41. The molecular weight excluding hydrogens is 318 g/mol. The van der Waals surface area contributed by atoms with Crippen molar-refractivity contribution in [3.63, 3.8) is 0 Å². The number of hydrogen-bond donors (Lipinski definition) is 3. The molecule has 1 atom stereocenters. The number of carbonyl (C=O) groups is 3. The van der Waals surface area contributed by atoms with Crippen LogP contribution in [0.1, 0.15) is 43.0 Å². The molecule has 1 aromatic carbocycles. The normalized spacial score (nSPS) is 11.4. The number of hydrogen-bond acceptors (Lipinski definition) is 5. The number of nitrogens with zero attached hydrogens (tertiary/aromatic N) is 1. The fourth-order valence-electron chi connectivity index (χ4n) is 2.07. The Labute approximate surface area is 138 Å². The van der Waals surface area contributed by atoms with Crippen LogP contribution in [0.2, 0.25) is 0 Å². The minimum absolute atomic E-state index is 0.0268. The van der Waals surface area contributed by atoms with Gasteiger partial charge in [0.05, 0.1) is 10.8 Å². The third-order valence-corrected chi connectivity index (χ3v) is 3.34. The van der Waals surface area contributed by atoms with Crippen LogP contribution in [-0.4, -0.2) is 27.8 Å². The van der Waals surface area contributed by atoms with E-state index in [9.17, 15) is 24.5 Å². The van der Waals surface area contributed by atoms with Crippen molar-refractivity contribution in [1.82, 2.24) is 10.9 Å². The van der Waals surface area contributed by atoms with Gasteiger partial charge in [0.2, 0.25) is 5.91 Å². The molecule has 2 amide bonds. The van der Waals surface area contributed by atoms with Gasteiger partial charge in [-0.3, -0.25) is 35.3 Å². The molecule has 24 heavy (non-hydrogen) atoms. The van der Waals surface area contributed by atoms with Crippen LogP contribution in [0.5, 0.6) is 0 Å². The van der Waals surface area contributed by atoms with E-state index in [4.69, 9.17) is 5.11 Å². The zero-order valence-electron chi connectivity index (χ0n) is 13.2. The summed E-state index contributed by atoms with van der Waals surface area (Å²) in [5, 5.41) is 19.7. The summed E-state index contributed by atoms with van der Waals surface area (Å²) in [5.74, 6) is -2.79. The first-order chi connectivity index (χ1) is 11.3. The monoisotopic (exact) mass is 337 g/mol. The number of nitrogens with one attached hydrogen (secondary N) is 2. The van der Waals surface area contributed by atoms with E-state index >= 15 is 0 Å². The van der Waals surface area contributed by atoms with E-state index in [-0.39, 0.29) is 24.1 Å². The van der Waals surface area contributed by atoms with Crippen LogP contribution in [-0.2, 0) is 9.59 Å². The lowest BCUT2D eigenvalue weighted by Crippen LogP contribution is -2.41. The van der Waals surface area contributed by atoms with Crippen LogP contribution in [0.15, 0.2) is 24.3 Å². The summed E-state index contributed by atoms with van der Waals surface area (Å²) in [4.78, 5) is 44.5. The zero-order valence-corrected chi connectivity index (χ0v) is 13.2. The first kappa shape index (κ1) is 19.1. The molecule has 0 unspecified atom stereocenters. The number of nitro groups is 1. The largest absolute Gasteiger partial charge is 0.481 e. The first-order valence-electron chi connectivity index (χ1n) is 7.41. The molecule has 0 saturated heterocycles. The van der Waals surface area contributed by atoms with Gasteiger partial charge < -0.3 is 5.11 Å². The highest BCUT2D eigenvalue weighted by Crippen LogP contribution is 2.14. The van der Waals surface area contributed by atoms with Gasteiger partial charge in [0.15, 0.2) is 0 Å². The van der Waals surface area contributed by atoms with Crippen molar-refractivity contribution < 1.29 is 24.4 Å². The smallest absolute Gasteiger partial charge is 0.306 e. The maximum atomic E-state index is 11.8. The number of non-ortho nitro benzene ring substituents is 1. The molecule has 1 rings (SSSR count). The Hall–Kier alpha value is -2.97. The maximum Gasteiger partial charge on any atom is 0.306 e. The second kappa shape index (κ2) is 9.23. The van der Waals surface area contributed by atoms with Gasteiger partial charge in [-0.15, -0.1) is 0 Å². The number of amides is 2. The topological polar surface area (TPSA) is 139 Å². The second-order valence-corrected chi connectivity index (χ2v) is 5.17. The van der Waals surface area contributed by atoms with Crippen LogP contribution in [0.3, 0.4) is 0 Å². The number of rotatable bonds is 8. The van der Waals surface area contributed by atoms with Gasteiger partial charge in [0.1, 0.15) is 0 Å². The number of carboxylic acid groups (broad SMARTS) is 1. The molecule has 130 valence electrons. The molecule has 0 saturated carbocycles. The molecule has 0 aliphatic carbocycles. The third-order valence-electron chi connectivity index (χ3n) is 3.34. The van der Waals surface area contributed by atoms with Gasteiger partial charge in [0, 0.05) is 24.1 Å². The minimum Gasteiger partial charge on any atom is -0.481 e. The lowest BCUT2D eigenvalue weighted by Gasteiger charge is -2.11. The highest BCUT2D eigenvalue weighted by atomic mass is 16.6. The van der Waals surface area contributed by atoms with Crippen LogP contribution < -0.4 is 10.9 Å². The fraction of sp³-hybridized carbons (Fsp3) is 0.400. The van der Waals surface area contributed by atoms with Gasteiger partial charge >= 0.3 is 5.97 Å². The number of carboxylic acids is 1. The molecule has 0 spiro atoms. The van der Waals surface area contributed by atoms with Crippen molar-refractivity contribution in [3.05, 3.63) is 39.9 Å². The Bertz CT molecular complexity index is 631. The summed E-state index contributed by atoms with van der Waals surface area (Å²) in [5.41, 5.74) is 4.09. The van der Waals surface area contributed by atoms with Gasteiger partial charge in [-0.1, -0.05) is 19.4 Å². The van der Waals surface area contributed by atoms with Crippen molar-refractivity contribution in [2.45, 2.75) is 32.6 Å². The summed E-state index contributed by atoms with van der Waals surface area (Å²) in [6, 6.07) is 5.06. The van der Waals surface area contributed by atoms with Crippen molar-refractivity contribution in [3.8, 4) is 0 Å². The van der Waals surface area contributed by atoms with E-state index in [1.807, 2.05) is 6.92 Å². The predicted molar refractivity (Wildman–Crippen MR) is 84.0 cm³/mol. The quantitative estimate of drug-likeness (QED) is 0.487. The molecule has 0 fully saturated rings. The highest BCUT2D eigenvalue weighted by Gasteiger charge is 2.18. The molecule has 1 aromatic rings. The number of benzene rings is 1. The van der Waals surface area contributed by atoms with Gasteiger partial charge in [0.25, 0.3) is 11.6 Å². The van der Waals surface area contributed by atoms with E-state index in [1.54, 1.807) is 0 Å². The van der Waals surface area contributed by atoms with Crippen LogP contribution in [0, 0.1) is 16.0 Å². The fourth-order valence-corrected chi connectivity index (χ4v) is 2.07. The average molecular weight is 337 g/mol. The van der Waals surface area contributed by atoms with Crippen LogP contribution in [0.4, 0.5) is 5.69 Å². The Morgan fingerprint density at radius 1 is 1.25 bits per heavy atom. The van der Waals surface area contributed by atoms with Crippen molar-refractivity contribution in [1.29, 1.82) is 0 Å². The SMILES string of the molecule is CCC[C@@H](CCC(=O)NNC(=O)c1cccc([N+](=O)[O-])c1)C(=O)O. The Balaban J connectivity index is 2.49. The summed E-state index contributed by atoms with van der Waals surface area (Å²) in [7, 11) is 0. The summed E-state index contributed by atoms with van der Waals surface area (Å²) >= 11 is 0. The molecule has 9 nitrogen and oxygen atoms in total. The number of carbonyl (C=O) groups excluding carboxylic acids is 2. The second-order valence-electron chi connectivity index (χ2n) is 5.17. The maximum absolute atomic E-state index is 11.8. The molecule has 0 aliphatic rings. The number of aliphatic carboxylic acids is 1. The van der Waals surface area contributed by atoms with E-state index in [1.165, 1.54) is 18.2 Å². The Kier molecular flexibility index (Phi) is 7.34. The van der Waals surface area contributed by atoms with E-state index in [0.29, 0.717) is 12.8 Å². The Morgan fingerprint density at radius 3 is 2.54 bits per heavy atom. The lowest BCUT2D eigenvalue weighted by atomic mass is 9.98. The lowest BCUT2D eigenvalue weighted by molar-refractivity contribution is -0.384. The van der Waals surface area contributed by atoms with Gasteiger partial charge in [-0.2, -0.15) is 0 Å². The molecular formula is C15H19N3O6. The molecule has 0 aromatic heterocycles. The molecule has 0 aliphatic heterocycles. The van der Waals surface area contributed by atoms with Crippen LogP contribution >= 0.6 is 0 Å². The van der Waals surface area contributed by atoms with E-state index in [0.717, 1.165) is 6.07 Å². The highest BCUT2D eigenvalue weighted by molar-refractivity contribution is 5.95.